The Hall–Kier alpha value is -1.24. The molecule has 0 aromatic heterocycles. The van der Waals surface area contributed by atoms with Gasteiger partial charge in [0.15, 0.2) is 6.29 Å². The van der Waals surface area contributed by atoms with Crippen LogP contribution in [0.15, 0.2) is 12.3 Å². The minimum Gasteiger partial charge on any atom is -0.394 e. The smallest absolute Gasteiger partial charge is 0.394 e. The Labute approximate surface area is 122 Å². The standard InChI is InChI=1S/C11H16F3NO7/c12-11(13,14)10(20)15-2-1-3-21-9-8(19)7(18)6(17)5(4-16)22-9/h1-2,5-9,16-19H,3-4H2,(H,15,20)/b2-1+. The molecule has 11 heteroatoms. The molecule has 1 fully saturated rings. The fraction of sp³-hybridized carbons (Fsp3) is 0.727. The quantitative estimate of drug-likeness (QED) is 0.394. The maximum atomic E-state index is 11.9. The van der Waals surface area contributed by atoms with Gasteiger partial charge in [-0.05, 0) is 6.08 Å². The molecule has 0 spiro atoms. The molecule has 128 valence electrons. The van der Waals surface area contributed by atoms with Crippen LogP contribution in [-0.4, -0.2) is 76.4 Å². The second-order valence-corrected chi connectivity index (χ2v) is 4.40. The third-order valence-corrected chi connectivity index (χ3v) is 2.79. The maximum absolute atomic E-state index is 11.9. The number of aliphatic hydroxyl groups is 4. The molecule has 0 aliphatic carbocycles. The summed E-state index contributed by atoms with van der Waals surface area (Å²) in [6.07, 6.45) is -10.6. The van der Waals surface area contributed by atoms with E-state index in [0.29, 0.717) is 6.20 Å². The van der Waals surface area contributed by atoms with Crippen molar-refractivity contribution in [1.29, 1.82) is 0 Å². The minimum absolute atomic E-state index is 0.360. The molecule has 22 heavy (non-hydrogen) atoms. The average Bonchev–Trinajstić information content (AvgIpc) is 2.45. The van der Waals surface area contributed by atoms with E-state index in [-0.39, 0.29) is 6.61 Å². The predicted octanol–water partition coefficient (Wildman–Crippen LogP) is -2.00. The summed E-state index contributed by atoms with van der Waals surface area (Å²) in [5.74, 6) is -2.16. The van der Waals surface area contributed by atoms with Gasteiger partial charge in [-0.1, -0.05) is 0 Å². The average molecular weight is 331 g/mol. The summed E-state index contributed by atoms with van der Waals surface area (Å²) in [6, 6.07) is 0. The Balaban J connectivity index is 2.42. The highest BCUT2D eigenvalue weighted by atomic mass is 19.4. The molecule has 0 aromatic rings. The Bertz CT molecular complexity index is 402. The molecule has 0 bridgehead atoms. The van der Waals surface area contributed by atoms with Crippen LogP contribution in [0.4, 0.5) is 13.2 Å². The zero-order valence-corrected chi connectivity index (χ0v) is 11.1. The van der Waals surface area contributed by atoms with E-state index in [2.05, 4.69) is 0 Å². The fourth-order valence-corrected chi connectivity index (χ4v) is 1.62. The molecule has 5 atom stereocenters. The Morgan fingerprint density at radius 3 is 2.41 bits per heavy atom. The number of nitrogens with one attached hydrogen (secondary N) is 1. The van der Waals surface area contributed by atoms with Crippen molar-refractivity contribution in [3.05, 3.63) is 12.3 Å². The number of carbonyl (C=O) groups is 1. The molecule has 5 N–H and O–H groups in total. The lowest BCUT2D eigenvalue weighted by atomic mass is 9.99. The Kier molecular flexibility index (Phi) is 6.71. The van der Waals surface area contributed by atoms with Crippen LogP contribution in [0, 0.1) is 0 Å². The Morgan fingerprint density at radius 2 is 1.86 bits per heavy atom. The van der Waals surface area contributed by atoms with Crippen LogP contribution in [0.25, 0.3) is 0 Å². The number of amides is 1. The minimum atomic E-state index is -5.01. The number of hydrogen-bond donors (Lipinski definition) is 5. The van der Waals surface area contributed by atoms with Crippen molar-refractivity contribution in [3.63, 3.8) is 0 Å². The number of halogens is 3. The van der Waals surface area contributed by atoms with Gasteiger partial charge in [-0.25, -0.2) is 0 Å². The summed E-state index contributed by atoms with van der Waals surface area (Å²) < 4.78 is 45.5. The summed E-state index contributed by atoms with van der Waals surface area (Å²) in [4.78, 5) is 10.5. The molecule has 0 radical (unpaired) electrons. The highest BCUT2D eigenvalue weighted by molar-refractivity contribution is 5.82. The molecule has 1 aliphatic rings. The largest absolute Gasteiger partial charge is 0.471 e. The van der Waals surface area contributed by atoms with Gasteiger partial charge in [0.1, 0.15) is 24.4 Å². The summed E-state index contributed by atoms with van der Waals surface area (Å²) in [5, 5.41) is 38.9. The Morgan fingerprint density at radius 1 is 1.23 bits per heavy atom. The predicted molar refractivity (Wildman–Crippen MR) is 63.1 cm³/mol. The van der Waals surface area contributed by atoms with Crippen molar-refractivity contribution in [2.24, 2.45) is 0 Å². The van der Waals surface area contributed by atoms with Crippen LogP contribution in [0.2, 0.25) is 0 Å². The molecule has 1 amide bonds. The molecule has 1 heterocycles. The van der Waals surface area contributed by atoms with Gasteiger partial charge in [0.2, 0.25) is 0 Å². The van der Waals surface area contributed by atoms with Crippen molar-refractivity contribution in [2.75, 3.05) is 13.2 Å². The summed E-state index contributed by atoms with van der Waals surface area (Å²) in [7, 11) is 0. The van der Waals surface area contributed by atoms with E-state index in [4.69, 9.17) is 14.6 Å². The number of hydrogen-bond acceptors (Lipinski definition) is 7. The third kappa shape index (κ3) is 4.90. The first-order chi connectivity index (χ1) is 10.2. The fourth-order valence-electron chi connectivity index (χ4n) is 1.62. The number of rotatable bonds is 5. The van der Waals surface area contributed by atoms with Gasteiger partial charge < -0.3 is 35.2 Å². The van der Waals surface area contributed by atoms with Crippen molar-refractivity contribution < 1.29 is 47.9 Å². The molecule has 1 aliphatic heterocycles. The third-order valence-electron chi connectivity index (χ3n) is 2.79. The summed E-state index contributed by atoms with van der Waals surface area (Å²) in [6.45, 7) is -0.997. The van der Waals surface area contributed by atoms with Gasteiger partial charge in [0.25, 0.3) is 0 Å². The highest BCUT2D eigenvalue weighted by Crippen LogP contribution is 2.21. The van der Waals surface area contributed by atoms with Gasteiger partial charge in [-0.2, -0.15) is 13.2 Å². The van der Waals surface area contributed by atoms with Gasteiger partial charge in [-0.15, -0.1) is 0 Å². The van der Waals surface area contributed by atoms with E-state index >= 15 is 0 Å². The van der Waals surface area contributed by atoms with E-state index in [1.807, 2.05) is 0 Å². The topological polar surface area (TPSA) is 128 Å². The highest BCUT2D eigenvalue weighted by Gasteiger charge is 2.43. The van der Waals surface area contributed by atoms with Gasteiger partial charge in [0.05, 0.1) is 13.2 Å². The van der Waals surface area contributed by atoms with E-state index in [1.54, 1.807) is 0 Å². The lowest BCUT2D eigenvalue weighted by Crippen LogP contribution is -2.59. The first-order valence-corrected chi connectivity index (χ1v) is 6.13. The molecule has 0 aromatic carbocycles. The van der Waals surface area contributed by atoms with Crippen LogP contribution >= 0.6 is 0 Å². The van der Waals surface area contributed by atoms with Crippen LogP contribution in [0.1, 0.15) is 0 Å². The van der Waals surface area contributed by atoms with Crippen LogP contribution in [0.5, 0.6) is 0 Å². The SMILES string of the molecule is O=C(N/C=C/COC1OC(CO)C(O)C(O)C1O)C(F)(F)F. The first-order valence-electron chi connectivity index (χ1n) is 6.13. The normalized spacial score (nSPS) is 33.1. The van der Waals surface area contributed by atoms with E-state index < -0.39 is 49.4 Å². The van der Waals surface area contributed by atoms with Gasteiger partial charge >= 0.3 is 12.1 Å². The molecule has 0 saturated carbocycles. The number of aliphatic hydroxyl groups excluding tert-OH is 4. The number of ether oxygens (including phenoxy) is 2. The van der Waals surface area contributed by atoms with Crippen LogP contribution < -0.4 is 5.32 Å². The van der Waals surface area contributed by atoms with Crippen LogP contribution in [-0.2, 0) is 14.3 Å². The maximum Gasteiger partial charge on any atom is 0.471 e. The first kappa shape index (κ1) is 18.8. The van der Waals surface area contributed by atoms with Crippen LogP contribution in [0.3, 0.4) is 0 Å². The molecule has 1 rings (SSSR count). The number of alkyl halides is 3. The van der Waals surface area contributed by atoms with Crippen molar-refractivity contribution in [1.82, 2.24) is 5.32 Å². The molecular weight excluding hydrogens is 315 g/mol. The van der Waals surface area contributed by atoms with E-state index in [1.165, 1.54) is 5.32 Å². The zero-order valence-electron chi connectivity index (χ0n) is 11.1. The van der Waals surface area contributed by atoms with Gasteiger partial charge in [0, 0.05) is 6.20 Å². The van der Waals surface area contributed by atoms with E-state index in [9.17, 15) is 33.3 Å². The molecular formula is C11H16F3NO7. The molecule has 8 nitrogen and oxygen atoms in total. The summed E-state index contributed by atoms with van der Waals surface area (Å²) >= 11 is 0. The number of carbonyl (C=O) groups excluding carboxylic acids is 1. The summed E-state index contributed by atoms with van der Waals surface area (Å²) in [5.41, 5.74) is 0. The monoisotopic (exact) mass is 331 g/mol. The lowest BCUT2D eigenvalue weighted by Gasteiger charge is -2.39. The second kappa shape index (κ2) is 7.85. The van der Waals surface area contributed by atoms with Crippen molar-refractivity contribution in [3.8, 4) is 0 Å². The second-order valence-electron chi connectivity index (χ2n) is 4.40. The van der Waals surface area contributed by atoms with Crippen molar-refractivity contribution in [2.45, 2.75) is 36.9 Å². The molecule has 1 saturated heterocycles. The van der Waals surface area contributed by atoms with Crippen molar-refractivity contribution >= 4 is 5.91 Å². The van der Waals surface area contributed by atoms with Gasteiger partial charge in [-0.3, -0.25) is 4.79 Å². The lowest BCUT2D eigenvalue weighted by molar-refractivity contribution is -0.298. The van der Waals surface area contributed by atoms with E-state index in [0.717, 1.165) is 6.08 Å². The zero-order chi connectivity index (χ0) is 16.9. The molecule has 5 unspecified atom stereocenters.